The highest BCUT2D eigenvalue weighted by atomic mass is 16.7. The average molecular weight is 509 g/mol. The lowest BCUT2D eigenvalue weighted by Gasteiger charge is -2.47. The third-order valence-electron chi connectivity index (χ3n) is 8.05. The Bertz CT molecular complexity index is 1290. The molecule has 0 bridgehead atoms. The first kappa shape index (κ1) is 25.7. The molecule has 2 aliphatic rings. The van der Waals surface area contributed by atoms with E-state index in [1.165, 1.54) is 6.42 Å². The smallest absolute Gasteiger partial charge is 0.259 e. The summed E-state index contributed by atoms with van der Waals surface area (Å²) in [7, 11) is 5.15. The Balaban J connectivity index is 1.44. The van der Waals surface area contributed by atoms with Gasteiger partial charge in [0.1, 0.15) is 11.5 Å². The molecular formula is C28H36N4O5. The van der Waals surface area contributed by atoms with E-state index in [0.717, 1.165) is 85.6 Å². The predicted molar refractivity (Wildman–Crippen MR) is 141 cm³/mol. The first-order valence-corrected chi connectivity index (χ1v) is 12.9. The molecule has 9 nitrogen and oxygen atoms in total. The molecule has 0 amide bonds. The summed E-state index contributed by atoms with van der Waals surface area (Å²) in [4.78, 5) is 24.6. The van der Waals surface area contributed by atoms with Crippen LogP contribution >= 0.6 is 0 Å². The van der Waals surface area contributed by atoms with Crippen molar-refractivity contribution in [2.24, 2.45) is 12.5 Å². The van der Waals surface area contributed by atoms with Crippen molar-refractivity contribution < 1.29 is 19.4 Å². The number of benzene rings is 1. The number of rotatable bonds is 7. The molecule has 1 spiro atoms. The summed E-state index contributed by atoms with van der Waals surface area (Å²) in [5.41, 5.74) is 3.08. The van der Waals surface area contributed by atoms with Gasteiger partial charge in [0.2, 0.25) is 0 Å². The van der Waals surface area contributed by atoms with E-state index < -0.39 is 0 Å². The minimum Gasteiger partial charge on any atom is -0.496 e. The molecule has 0 aliphatic carbocycles. The number of aromatic nitrogens is 2. The molecule has 2 aliphatic heterocycles. The lowest BCUT2D eigenvalue weighted by Crippen LogP contribution is -2.49. The SMILES string of the molecule is COc1cc(-c2cn(C)c(=O)c3cnccc23)cc(OC)c1CN1CCCC2(CCN(OCO)CC2)C1. The van der Waals surface area contributed by atoms with E-state index in [9.17, 15) is 4.79 Å². The number of methoxy groups -OCH3 is 2. The molecule has 3 aromatic rings. The van der Waals surface area contributed by atoms with E-state index in [1.54, 1.807) is 38.2 Å². The highest BCUT2D eigenvalue weighted by Gasteiger charge is 2.39. The zero-order valence-electron chi connectivity index (χ0n) is 21.9. The number of aliphatic hydroxyl groups is 1. The largest absolute Gasteiger partial charge is 0.496 e. The van der Waals surface area contributed by atoms with Crippen LogP contribution in [0.1, 0.15) is 31.2 Å². The fourth-order valence-corrected chi connectivity index (χ4v) is 6.09. The van der Waals surface area contributed by atoms with E-state index >= 15 is 0 Å². The van der Waals surface area contributed by atoms with Crippen LogP contribution in [0.5, 0.6) is 11.5 Å². The second-order valence-corrected chi connectivity index (χ2v) is 10.2. The van der Waals surface area contributed by atoms with Gasteiger partial charge >= 0.3 is 0 Å². The Kier molecular flexibility index (Phi) is 7.48. The van der Waals surface area contributed by atoms with Crippen LogP contribution in [-0.4, -0.2) is 71.8 Å². The van der Waals surface area contributed by atoms with Gasteiger partial charge in [0.15, 0.2) is 6.79 Å². The van der Waals surface area contributed by atoms with Gasteiger partial charge in [0.25, 0.3) is 5.56 Å². The van der Waals surface area contributed by atoms with Crippen molar-refractivity contribution in [1.82, 2.24) is 19.5 Å². The zero-order valence-corrected chi connectivity index (χ0v) is 21.9. The van der Waals surface area contributed by atoms with Gasteiger partial charge < -0.3 is 19.1 Å². The second-order valence-electron chi connectivity index (χ2n) is 10.2. The monoisotopic (exact) mass is 508 g/mol. The van der Waals surface area contributed by atoms with Crippen molar-refractivity contribution in [2.75, 3.05) is 47.2 Å². The quantitative estimate of drug-likeness (QED) is 0.487. The topological polar surface area (TPSA) is 89.3 Å². The maximum absolute atomic E-state index is 12.7. The number of hydrogen-bond acceptors (Lipinski definition) is 8. The Morgan fingerprint density at radius 1 is 1.05 bits per heavy atom. The van der Waals surface area contributed by atoms with Crippen LogP contribution in [0, 0.1) is 5.41 Å². The van der Waals surface area contributed by atoms with Crippen molar-refractivity contribution in [3.63, 3.8) is 0 Å². The van der Waals surface area contributed by atoms with Crippen LogP contribution in [0.2, 0.25) is 0 Å². The number of hydrogen-bond donors (Lipinski definition) is 1. The van der Waals surface area contributed by atoms with Crippen LogP contribution in [0.4, 0.5) is 0 Å². The molecule has 2 aromatic heterocycles. The standard InChI is InChI=1S/C28H36N4O5/c1-30-16-23(21-5-9-29-15-22(21)27(30)34)20-13-25(35-2)24(26(14-20)36-3)17-31-10-4-6-28(18-31)7-11-32(12-8-28)37-19-33/h5,9,13-16,33H,4,6-8,10-12,17-19H2,1-3H3. The molecule has 2 fully saturated rings. The molecule has 0 radical (unpaired) electrons. The van der Waals surface area contributed by atoms with Crippen molar-refractivity contribution >= 4 is 10.8 Å². The Morgan fingerprint density at radius 3 is 2.46 bits per heavy atom. The van der Waals surface area contributed by atoms with Crippen molar-refractivity contribution in [3.8, 4) is 22.6 Å². The van der Waals surface area contributed by atoms with E-state index in [4.69, 9.17) is 19.4 Å². The third kappa shape index (κ3) is 5.09. The highest BCUT2D eigenvalue weighted by Crippen LogP contribution is 2.42. The third-order valence-corrected chi connectivity index (χ3v) is 8.05. The Hall–Kier alpha value is -2.98. The number of fused-ring (bicyclic) bond motifs is 1. The van der Waals surface area contributed by atoms with Gasteiger partial charge in [0.05, 0.1) is 25.2 Å². The van der Waals surface area contributed by atoms with Crippen LogP contribution in [0.3, 0.4) is 0 Å². The summed E-state index contributed by atoms with van der Waals surface area (Å²) in [5, 5.41) is 12.4. The molecule has 198 valence electrons. The van der Waals surface area contributed by atoms with Crippen molar-refractivity contribution in [2.45, 2.75) is 32.2 Å². The first-order chi connectivity index (χ1) is 18.0. The summed E-state index contributed by atoms with van der Waals surface area (Å²) in [6.07, 6.45) is 9.69. The van der Waals surface area contributed by atoms with Gasteiger partial charge in [0, 0.05) is 57.4 Å². The predicted octanol–water partition coefficient (Wildman–Crippen LogP) is 3.18. The average Bonchev–Trinajstić information content (AvgIpc) is 2.92. The molecule has 0 unspecified atom stereocenters. The molecular weight excluding hydrogens is 472 g/mol. The Morgan fingerprint density at radius 2 is 1.78 bits per heavy atom. The number of aliphatic hydroxyl groups excluding tert-OH is 1. The van der Waals surface area contributed by atoms with Gasteiger partial charge in [-0.3, -0.25) is 19.5 Å². The van der Waals surface area contributed by atoms with Crippen molar-refractivity contribution in [1.29, 1.82) is 0 Å². The zero-order chi connectivity index (χ0) is 26.0. The second kappa shape index (κ2) is 10.8. The van der Waals surface area contributed by atoms with E-state index in [-0.39, 0.29) is 17.8 Å². The number of hydroxylamine groups is 2. The maximum Gasteiger partial charge on any atom is 0.259 e. The molecule has 0 atom stereocenters. The molecule has 1 N–H and O–H groups in total. The van der Waals surface area contributed by atoms with Gasteiger partial charge in [-0.15, -0.1) is 0 Å². The minimum atomic E-state index is -0.263. The Labute approximate surface area is 217 Å². The van der Waals surface area contributed by atoms with Crippen LogP contribution in [-0.2, 0) is 18.4 Å². The van der Waals surface area contributed by atoms with E-state index in [1.807, 2.05) is 29.5 Å². The molecule has 1 aromatic carbocycles. The number of piperidine rings is 2. The number of nitrogens with zero attached hydrogens (tertiary/aromatic N) is 4. The summed E-state index contributed by atoms with van der Waals surface area (Å²) >= 11 is 0. The van der Waals surface area contributed by atoms with Gasteiger partial charge in [-0.05, 0) is 66.8 Å². The molecule has 2 saturated heterocycles. The summed E-state index contributed by atoms with van der Waals surface area (Å²) in [5.74, 6) is 1.55. The van der Waals surface area contributed by atoms with Gasteiger partial charge in [-0.25, -0.2) is 0 Å². The summed E-state index contributed by atoms with van der Waals surface area (Å²) < 4.78 is 13.4. The van der Waals surface area contributed by atoms with Gasteiger partial charge in [-0.1, -0.05) is 0 Å². The van der Waals surface area contributed by atoms with Crippen molar-refractivity contribution in [3.05, 3.63) is 52.7 Å². The van der Waals surface area contributed by atoms with Crippen LogP contribution in [0.25, 0.3) is 21.9 Å². The number of pyridine rings is 2. The summed E-state index contributed by atoms with van der Waals surface area (Å²) in [6, 6.07) is 5.97. The van der Waals surface area contributed by atoms with Crippen LogP contribution in [0.15, 0.2) is 41.6 Å². The molecule has 5 rings (SSSR count). The fraction of sp³-hybridized carbons (Fsp3) is 0.500. The normalized spacial score (nSPS) is 18.4. The van der Waals surface area contributed by atoms with E-state index in [0.29, 0.717) is 5.39 Å². The van der Waals surface area contributed by atoms with Gasteiger partial charge in [-0.2, -0.15) is 5.06 Å². The number of ether oxygens (including phenoxy) is 2. The fourth-order valence-electron chi connectivity index (χ4n) is 6.09. The molecule has 9 heteroatoms. The molecule has 4 heterocycles. The summed E-state index contributed by atoms with van der Waals surface area (Å²) in [6.45, 7) is 4.22. The first-order valence-electron chi connectivity index (χ1n) is 12.9. The molecule has 0 saturated carbocycles. The minimum absolute atomic E-state index is 0.0739. The molecule has 37 heavy (non-hydrogen) atoms. The number of aryl methyl sites for hydroxylation is 1. The van der Waals surface area contributed by atoms with E-state index in [2.05, 4.69) is 9.88 Å². The number of likely N-dealkylation sites (tertiary alicyclic amines) is 1. The lowest BCUT2D eigenvalue weighted by atomic mass is 9.72. The maximum atomic E-state index is 12.7. The van der Waals surface area contributed by atoms with Crippen LogP contribution < -0.4 is 15.0 Å². The lowest BCUT2D eigenvalue weighted by molar-refractivity contribution is -0.228. The highest BCUT2D eigenvalue weighted by molar-refractivity contribution is 5.95.